The van der Waals surface area contributed by atoms with Gasteiger partial charge in [0.05, 0.1) is 10.6 Å². The molecule has 0 saturated heterocycles. The molecule has 0 unspecified atom stereocenters. The Morgan fingerprint density at radius 1 is 1.14 bits per heavy atom. The van der Waals surface area contributed by atoms with Crippen LogP contribution < -0.4 is 14.6 Å². The second-order valence-corrected chi connectivity index (χ2v) is 4.28. The largest absolute Gasteiger partial charge is 0.872 e. The van der Waals surface area contributed by atoms with Crippen molar-refractivity contribution in [2.45, 2.75) is 0 Å². The van der Waals surface area contributed by atoms with Crippen molar-refractivity contribution in [2.75, 3.05) is 6.79 Å². The normalized spacial score (nSPS) is 12.8. The molecule has 1 aliphatic heterocycles. The second kappa shape index (κ2) is 5.12. The first-order chi connectivity index (χ1) is 10.1. The minimum atomic E-state index is -0.558. The summed E-state index contributed by atoms with van der Waals surface area (Å²) in [5.41, 5.74) is 0.564. The lowest BCUT2D eigenvalue weighted by molar-refractivity contribution is -0.385. The van der Waals surface area contributed by atoms with Crippen molar-refractivity contribution < 1.29 is 19.5 Å². The van der Waals surface area contributed by atoms with E-state index in [0.29, 0.717) is 17.2 Å². The Morgan fingerprint density at radius 3 is 2.76 bits per heavy atom. The molecule has 0 bridgehead atoms. The number of nitro groups is 1. The standard InChI is InChI=1S/C14H10N2O5/c17-12-3-2-11(16(18)19)5-9(12)7-15-10-1-4-13-14(6-10)21-8-20-13/h1-7,17H,8H2/p-1. The third-order valence-electron chi connectivity index (χ3n) is 2.91. The summed E-state index contributed by atoms with van der Waals surface area (Å²) in [5, 5.41) is 22.3. The van der Waals surface area contributed by atoms with Crippen molar-refractivity contribution in [3.8, 4) is 17.2 Å². The predicted molar refractivity (Wildman–Crippen MR) is 72.4 cm³/mol. The summed E-state index contributed by atoms with van der Waals surface area (Å²) in [4.78, 5) is 14.3. The number of hydrogen-bond acceptors (Lipinski definition) is 6. The van der Waals surface area contributed by atoms with E-state index in [9.17, 15) is 15.2 Å². The zero-order chi connectivity index (χ0) is 14.8. The smallest absolute Gasteiger partial charge is 0.270 e. The van der Waals surface area contributed by atoms with Gasteiger partial charge >= 0.3 is 0 Å². The first-order valence-corrected chi connectivity index (χ1v) is 6.03. The molecule has 2 aromatic rings. The summed E-state index contributed by atoms with van der Waals surface area (Å²) < 4.78 is 10.4. The molecule has 0 fully saturated rings. The van der Waals surface area contributed by atoms with Gasteiger partial charge in [0.2, 0.25) is 6.79 Å². The Balaban J connectivity index is 1.89. The van der Waals surface area contributed by atoms with E-state index in [4.69, 9.17) is 9.47 Å². The number of nitro benzene ring substituents is 1. The van der Waals surface area contributed by atoms with Crippen molar-refractivity contribution in [3.05, 3.63) is 52.1 Å². The van der Waals surface area contributed by atoms with E-state index < -0.39 is 4.92 Å². The van der Waals surface area contributed by atoms with Crippen LogP contribution in [0.15, 0.2) is 41.4 Å². The molecule has 3 rings (SSSR count). The summed E-state index contributed by atoms with van der Waals surface area (Å²) in [5.74, 6) is 0.880. The van der Waals surface area contributed by atoms with Gasteiger partial charge in [-0.1, -0.05) is 11.8 Å². The van der Waals surface area contributed by atoms with E-state index in [1.165, 1.54) is 18.3 Å². The van der Waals surface area contributed by atoms with Gasteiger partial charge in [-0.05, 0) is 17.7 Å². The fourth-order valence-electron chi connectivity index (χ4n) is 1.86. The Morgan fingerprint density at radius 2 is 1.95 bits per heavy atom. The maximum absolute atomic E-state index is 11.6. The summed E-state index contributed by atoms with van der Waals surface area (Å²) in [6.07, 6.45) is 1.30. The van der Waals surface area contributed by atoms with Gasteiger partial charge < -0.3 is 14.6 Å². The van der Waals surface area contributed by atoms with Crippen LogP contribution in [0.4, 0.5) is 11.4 Å². The molecule has 7 heteroatoms. The SMILES string of the molecule is O=[N+]([O-])c1ccc([O-])c(C=Nc2ccc3c(c2)OCO3)c1. The minimum absolute atomic E-state index is 0.151. The first kappa shape index (κ1) is 12.9. The molecule has 0 radical (unpaired) electrons. The quantitative estimate of drug-likeness (QED) is 0.489. The lowest BCUT2D eigenvalue weighted by Crippen LogP contribution is -1.98. The molecule has 0 aromatic heterocycles. The van der Waals surface area contributed by atoms with Gasteiger partial charge in [-0.15, -0.1) is 0 Å². The highest BCUT2D eigenvalue weighted by Crippen LogP contribution is 2.35. The zero-order valence-electron chi connectivity index (χ0n) is 10.7. The van der Waals surface area contributed by atoms with Crippen molar-refractivity contribution in [1.29, 1.82) is 0 Å². The molecule has 0 amide bonds. The number of aliphatic imine (C=N–C) groups is 1. The van der Waals surface area contributed by atoms with E-state index in [2.05, 4.69) is 4.99 Å². The third-order valence-corrected chi connectivity index (χ3v) is 2.91. The number of ether oxygens (including phenoxy) is 2. The third kappa shape index (κ3) is 2.62. The number of rotatable bonds is 3. The Kier molecular flexibility index (Phi) is 3.15. The summed E-state index contributed by atoms with van der Waals surface area (Å²) >= 11 is 0. The topological polar surface area (TPSA) is 97.0 Å². The van der Waals surface area contributed by atoms with Gasteiger partial charge in [-0.25, -0.2) is 0 Å². The van der Waals surface area contributed by atoms with E-state index >= 15 is 0 Å². The molecular formula is C14H9N2O5-. The van der Waals surface area contributed by atoms with Crippen LogP contribution in [0.25, 0.3) is 0 Å². The van der Waals surface area contributed by atoms with Crippen LogP contribution in [-0.4, -0.2) is 17.9 Å². The Hall–Kier alpha value is -3.09. The maximum atomic E-state index is 11.6. The predicted octanol–water partition coefficient (Wildman–Crippen LogP) is 2.15. The van der Waals surface area contributed by atoms with Crippen LogP contribution in [0, 0.1) is 10.1 Å². The highest BCUT2D eigenvalue weighted by atomic mass is 16.7. The molecule has 0 N–H and O–H groups in total. The van der Waals surface area contributed by atoms with E-state index in [1.54, 1.807) is 18.2 Å². The van der Waals surface area contributed by atoms with Crippen LogP contribution in [0.5, 0.6) is 17.2 Å². The molecule has 1 heterocycles. The molecule has 0 saturated carbocycles. The zero-order valence-corrected chi connectivity index (χ0v) is 10.7. The molecule has 21 heavy (non-hydrogen) atoms. The van der Waals surface area contributed by atoms with Crippen LogP contribution in [0.1, 0.15) is 5.56 Å². The van der Waals surface area contributed by atoms with Gasteiger partial charge in [-0.2, -0.15) is 0 Å². The molecule has 0 aliphatic carbocycles. The average molecular weight is 285 g/mol. The van der Waals surface area contributed by atoms with Gasteiger partial charge in [0, 0.05) is 24.4 Å². The summed E-state index contributed by atoms with van der Waals surface area (Å²) in [6.45, 7) is 0.165. The number of fused-ring (bicyclic) bond motifs is 1. The maximum Gasteiger partial charge on any atom is 0.270 e. The second-order valence-electron chi connectivity index (χ2n) is 4.28. The number of non-ortho nitro benzene ring substituents is 1. The Bertz CT molecular complexity index is 742. The molecule has 2 aromatic carbocycles. The van der Waals surface area contributed by atoms with Gasteiger partial charge in [0.15, 0.2) is 11.5 Å². The molecule has 106 valence electrons. The molecule has 0 spiro atoms. The van der Waals surface area contributed by atoms with E-state index in [0.717, 1.165) is 6.07 Å². The molecule has 7 nitrogen and oxygen atoms in total. The fraction of sp³-hybridized carbons (Fsp3) is 0.0714. The first-order valence-electron chi connectivity index (χ1n) is 6.03. The van der Waals surface area contributed by atoms with Crippen LogP contribution in [0.3, 0.4) is 0 Å². The molecule has 1 aliphatic rings. The highest BCUT2D eigenvalue weighted by molar-refractivity contribution is 5.86. The fourth-order valence-corrected chi connectivity index (χ4v) is 1.86. The van der Waals surface area contributed by atoms with Crippen LogP contribution in [0.2, 0.25) is 0 Å². The number of nitrogens with zero attached hydrogens (tertiary/aromatic N) is 2. The van der Waals surface area contributed by atoms with Crippen molar-refractivity contribution in [3.63, 3.8) is 0 Å². The van der Waals surface area contributed by atoms with Crippen LogP contribution >= 0.6 is 0 Å². The number of hydrogen-bond donors (Lipinski definition) is 0. The van der Waals surface area contributed by atoms with Gasteiger partial charge in [0.25, 0.3) is 5.69 Å². The average Bonchev–Trinajstić information content (AvgIpc) is 2.93. The monoisotopic (exact) mass is 285 g/mol. The van der Waals surface area contributed by atoms with Crippen molar-refractivity contribution >= 4 is 17.6 Å². The van der Waals surface area contributed by atoms with E-state index in [-0.39, 0.29) is 23.8 Å². The Labute approximate surface area is 119 Å². The van der Waals surface area contributed by atoms with Crippen molar-refractivity contribution in [2.24, 2.45) is 4.99 Å². The molecule has 0 atom stereocenters. The van der Waals surface area contributed by atoms with Crippen molar-refractivity contribution in [1.82, 2.24) is 0 Å². The van der Waals surface area contributed by atoms with Gasteiger partial charge in [-0.3, -0.25) is 15.1 Å². The van der Waals surface area contributed by atoms with Gasteiger partial charge in [0.1, 0.15) is 0 Å². The summed E-state index contributed by atoms with van der Waals surface area (Å²) in [7, 11) is 0. The van der Waals surface area contributed by atoms with E-state index in [1.807, 2.05) is 0 Å². The molecular weight excluding hydrogens is 276 g/mol. The number of benzene rings is 2. The van der Waals surface area contributed by atoms with Crippen LogP contribution in [-0.2, 0) is 0 Å². The lowest BCUT2D eigenvalue weighted by atomic mass is 10.2. The highest BCUT2D eigenvalue weighted by Gasteiger charge is 2.12. The lowest BCUT2D eigenvalue weighted by Gasteiger charge is -2.08. The minimum Gasteiger partial charge on any atom is -0.872 e. The summed E-state index contributed by atoms with van der Waals surface area (Å²) in [6, 6.07) is 8.59.